The number of benzene rings is 2. The van der Waals surface area contributed by atoms with Gasteiger partial charge in [0.05, 0.1) is 73.8 Å². The fourth-order valence-corrected chi connectivity index (χ4v) is 15.6. The van der Waals surface area contributed by atoms with E-state index in [0.717, 1.165) is 93.8 Å². The maximum Gasteiger partial charge on any atom is 0.407 e. The van der Waals surface area contributed by atoms with Gasteiger partial charge < -0.3 is 58.0 Å². The van der Waals surface area contributed by atoms with Gasteiger partial charge in [0.2, 0.25) is 0 Å². The van der Waals surface area contributed by atoms with Crippen molar-refractivity contribution in [2.45, 2.75) is 249 Å². The molecule has 2 bridgehead atoms. The van der Waals surface area contributed by atoms with E-state index in [1.807, 2.05) is 88.4 Å². The summed E-state index contributed by atoms with van der Waals surface area (Å²) in [6.07, 6.45) is 13.5. The summed E-state index contributed by atoms with van der Waals surface area (Å²) in [4.78, 5) is 49.6. The molecule has 0 spiro atoms. The van der Waals surface area contributed by atoms with Crippen LogP contribution in [-0.2, 0) is 47.5 Å². The minimum Gasteiger partial charge on any atom is -0.493 e. The molecule has 2 N–H and O–H groups in total. The van der Waals surface area contributed by atoms with Crippen molar-refractivity contribution in [2.24, 2.45) is 56.7 Å². The summed E-state index contributed by atoms with van der Waals surface area (Å²) in [7, 11) is 0. The number of fused-ring (bicyclic) bond motifs is 2. The van der Waals surface area contributed by atoms with Crippen LogP contribution in [0.1, 0.15) is 215 Å². The van der Waals surface area contributed by atoms with E-state index in [9.17, 15) is 19.2 Å². The second-order valence-electron chi connectivity index (χ2n) is 33.3. The van der Waals surface area contributed by atoms with Crippen molar-refractivity contribution in [1.29, 1.82) is 0 Å². The molecule has 16 nitrogen and oxygen atoms in total. The average molecular weight is 1310 g/mol. The summed E-state index contributed by atoms with van der Waals surface area (Å²) >= 11 is 0. The molecule has 0 saturated heterocycles. The van der Waals surface area contributed by atoms with Crippen molar-refractivity contribution >= 4 is 24.1 Å². The standard InChI is InChI=1S/C78H124N2O14/c1-55(2)64(81)85-44-40-79-66(83)93-72(13,14)57(48-87-59-32-24-22-25-33-59)50-91-74(17,18)68(5,6)37-28-30-42-89-70(9,10)52-76(21)39-36-62-61(46-76)63-47-77(62)54-78(63,77)53-71(11,12)90-43-31-29-38-69(7,8)75(19,20)92-51-58(49-88-60-34-26-23-27-35-60)73(15,16)94-67(84)80-41-45-86-65(82)56(3)4/h22-27,32-35,57-58,61-63H,1,3,28-31,36-54H2,2,4-21H3,(H,79,83)(H,80,84). The third-order valence-electron chi connectivity index (χ3n) is 22.8. The number of alkyl carbamates (subject to hydrolysis) is 2. The smallest absolute Gasteiger partial charge is 0.407 e. The van der Waals surface area contributed by atoms with Gasteiger partial charge in [-0.15, -0.1) is 0 Å². The van der Waals surface area contributed by atoms with Crippen molar-refractivity contribution < 1.29 is 66.5 Å². The van der Waals surface area contributed by atoms with Crippen molar-refractivity contribution in [3.63, 3.8) is 0 Å². The minimum atomic E-state index is -0.967. The molecule has 2 aromatic carbocycles. The lowest BCUT2D eigenvalue weighted by Gasteiger charge is -2.45. The lowest BCUT2D eigenvalue weighted by atomic mass is 9.62. The molecule has 0 aliphatic heterocycles. The second-order valence-corrected chi connectivity index (χ2v) is 33.3. The first-order chi connectivity index (χ1) is 43.6. The number of esters is 2. The molecule has 0 radical (unpaired) electrons. The number of para-hydroxylation sites is 2. The molecular formula is C78H124N2O14. The Morgan fingerprint density at radius 1 is 0.532 bits per heavy atom. The summed E-state index contributed by atoms with van der Waals surface area (Å²) < 4.78 is 62.0. The predicted molar refractivity (Wildman–Crippen MR) is 371 cm³/mol. The van der Waals surface area contributed by atoms with Crippen LogP contribution in [0.4, 0.5) is 9.59 Å². The first kappa shape index (κ1) is 77.8. The Labute approximate surface area is 566 Å². The summed E-state index contributed by atoms with van der Waals surface area (Å²) in [5, 5.41) is 5.39. The molecular weight excluding hydrogens is 1190 g/mol. The van der Waals surface area contributed by atoms with E-state index in [1.54, 1.807) is 13.8 Å². The van der Waals surface area contributed by atoms with Gasteiger partial charge in [0.1, 0.15) is 35.9 Å². The molecule has 2 aromatic rings. The van der Waals surface area contributed by atoms with E-state index in [4.69, 9.17) is 47.4 Å². The van der Waals surface area contributed by atoms with E-state index in [0.29, 0.717) is 35.2 Å². The maximum atomic E-state index is 13.0. The van der Waals surface area contributed by atoms with Crippen molar-refractivity contribution in [3.8, 4) is 11.5 Å². The summed E-state index contributed by atoms with van der Waals surface area (Å²) in [6, 6.07) is 19.2. The SMILES string of the molecule is C=C(C)C(=O)OCCNC(=O)OC(C)(C)C(COc1ccccc1)COC(C)(C)C(C)(C)CCCCOC(C)(C)CC1(C)CCC2C(C1)C1CC23CC13CC(C)(C)OCCCCC(C)(C)C(C)(C)OCC(COc1ccccc1)C(C)(C)OC(=O)NCCOC(=O)C(=C)C. The van der Waals surface area contributed by atoms with E-state index in [-0.39, 0.29) is 78.8 Å². The van der Waals surface area contributed by atoms with Gasteiger partial charge in [-0.2, -0.15) is 0 Å². The minimum absolute atomic E-state index is 0.00547. The first-order valence-corrected chi connectivity index (χ1v) is 35.1. The average Bonchev–Trinajstić information content (AvgIpc) is 1.44. The van der Waals surface area contributed by atoms with Crippen LogP contribution in [0, 0.1) is 56.7 Å². The van der Waals surface area contributed by atoms with Gasteiger partial charge in [-0.3, -0.25) is 0 Å². The molecule has 4 fully saturated rings. The van der Waals surface area contributed by atoms with Gasteiger partial charge in [0, 0.05) is 24.4 Å². The zero-order valence-electron chi connectivity index (χ0n) is 61.6. The van der Waals surface area contributed by atoms with Crippen LogP contribution >= 0.6 is 0 Å². The molecule has 0 heterocycles. The van der Waals surface area contributed by atoms with Gasteiger partial charge in [-0.1, -0.05) is 97.0 Å². The van der Waals surface area contributed by atoms with Crippen LogP contribution in [0.5, 0.6) is 11.5 Å². The number of unbranched alkanes of at least 4 members (excludes halogenated alkanes) is 2. The normalized spacial score (nSPS) is 22.7. The molecule has 8 unspecified atom stereocenters. The van der Waals surface area contributed by atoms with Gasteiger partial charge >= 0.3 is 24.1 Å². The quantitative estimate of drug-likeness (QED) is 0.0277. The number of amides is 2. The molecule has 530 valence electrons. The fourth-order valence-electron chi connectivity index (χ4n) is 15.6. The Bertz CT molecular complexity index is 2820. The number of nitrogens with one attached hydrogen (secondary N) is 2. The topological polar surface area (TPSA) is 185 Å². The summed E-state index contributed by atoms with van der Waals surface area (Å²) in [5.74, 6) is 2.23. The molecule has 2 amide bonds. The van der Waals surface area contributed by atoms with Crippen LogP contribution in [0.3, 0.4) is 0 Å². The van der Waals surface area contributed by atoms with Crippen LogP contribution in [0.2, 0.25) is 0 Å². The lowest BCUT2D eigenvalue weighted by molar-refractivity contribution is -0.140. The predicted octanol–water partition coefficient (Wildman–Crippen LogP) is 16.8. The lowest BCUT2D eigenvalue weighted by Crippen LogP contribution is -2.48. The molecule has 4 saturated carbocycles. The molecule has 94 heavy (non-hydrogen) atoms. The molecule has 0 aromatic heterocycles. The Hall–Kier alpha value is -5.16. The Morgan fingerprint density at radius 2 is 0.947 bits per heavy atom. The second kappa shape index (κ2) is 31.6. The van der Waals surface area contributed by atoms with E-state index in [1.165, 1.54) is 32.1 Å². The molecule has 6 rings (SSSR count). The Kier molecular flexibility index (Phi) is 26.1. The van der Waals surface area contributed by atoms with Crippen LogP contribution in [0.15, 0.2) is 85.0 Å². The molecule has 8 atom stereocenters. The van der Waals surface area contributed by atoms with E-state index >= 15 is 0 Å². The fraction of sp³-hybridized carbons (Fsp3) is 0.744. The number of hydrogen-bond acceptors (Lipinski definition) is 14. The van der Waals surface area contributed by atoms with Crippen LogP contribution < -0.4 is 20.1 Å². The highest BCUT2D eigenvalue weighted by Crippen LogP contribution is 2.95. The van der Waals surface area contributed by atoms with Gasteiger partial charge in [-0.05, 0) is 237 Å². The summed E-state index contributed by atoms with van der Waals surface area (Å²) in [6.45, 7) is 50.2. The number of rotatable bonds is 42. The maximum absolute atomic E-state index is 13.0. The highest BCUT2D eigenvalue weighted by atomic mass is 16.6. The number of carbonyl (C=O) groups excluding carboxylic acids is 4. The Morgan fingerprint density at radius 3 is 1.36 bits per heavy atom. The highest BCUT2D eigenvalue weighted by molar-refractivity contribution is 5.87. The van der Waals surface area contributed by atoms with Gasteiger partial charge in [0.25, 0.3) is 0 Å². The largest absolute Gasteiger partial charge is 0.493 e. The van der Waals surface area contributed by atoms with Gasteiger partial charge in [-0.25, -0.2) is 19.2 Å². The third kappa shape index (κ3) is 20.7. The number of hydrogen-bond donors (Lipinski definition) is 2. The van der Waals surface area contributed by atoms with Crippen molar-refractivity contribution in [2.75, 3.05) is 65.9 Å². The van der Waals surface area contributed by atoms with E-state index in [2.05, 4.69) is 114 Å². The molecule has 16 heteroatoms. The number of ether oxygens (including phenoxy) is 10. The summed E-state index contributed by atoms with van der Waals surface area (Å²) in [5.41, 5.74) is -1.95. The monoisotopic (exact) mass is 1310 g/mol. The Balaban J connectivity index is 0.917. The van der Waals surface area contributed by atoms with E-state index < -0.39 is 46.5 Å². The van der Waals surface area contributed by atoms with Gasteiger partial charge in [0.15, 0.2) is 0 Å². The first-order valence-electron chi connectivity index (χ1n) is 35.1. The van der Waals surface area contributed by atoms with Crippen LogP contribution in [-0.4, -0.2) is 124 Å². The van der Waals surface area contributed by atoms with Crippen molar-refractivity contribution in [3.05, 3.63) is 85.0 Å². The zero-order valence-corrected chi connectivity index (χ0v) is 61.6. The molecule has 4 aliphatic rings. The van der Waals surface area contributed by atoms with Crippen molar-refractivity contribution in [1.82, 2.24) is 10.6 Å². The third-order valence-corrected chi connectivity index (χ3v) is 22.8. The molecule has 4 aliphatic carbocycles. The number of carbonyl (C=O) groups is 4. The highest BCUT2D eigenvalue weighted by Gasteiger charge is 2.88. The zero-order chi connectivity index (χ0) is 69.8. The van der Waals surface area contributed by atoms with Crippen LogP contribution in [0.25, 0.3) is 0 Å².